The van der Waals surface area contributed by atoms with Crippen LogP contribution >= 0.6 is 0 Å². The van der Waals surface area contributed by atoms with Gasteiger partial charge in [0.25, 0.3) is 0 Å². The van der Waals surface area contributed by atoms with Crippen molar-refractivity contribution in [3.8, 4) is 11.5 Å². The van der Waals surface area contributed by atoms with Crippen LogP contribution in [0.15, 0.2) is 42.6 Å². The van der Waals surface area contributed by atoms with Gasteiger partial charge < -0.3 is 19.4 Å². The second-order valence-corrected chi connectivity index (χ2v) is 11.3. The Morgan fingerprint density at radius 1 is 0.978 bits per heavy atom. The lowest BCUT2D eigenvalue weighted by molar-refractivity contribution is 0.251. The average Bonchev–Trinajstić information content (AvgIpc) is 3.46. The fourth-order valence-electron chi connectivity index (χ4n) is 6.09. The molecule has 0 saturated heterocycles. The number of pyridine rings is 1. The number of anilines is 3. The Morgan fingerprint density at radius 2 is 1.67 bits per heavy atom. The smallest absolute Gasteiger partial charge is 0.334 e. The molecule has 1 aliphatic heterocycles. The van der Waals surface area contributed by atoms with Crippen molar-refractivity contribution in [2.75, 3.05) is 43.7 Å². The van der Waals surface area contributed by atoms with Crippen LogP contribution in [0.4, 0.5) is 35.0 Å². The summed E-state index contributed by atoms with van der Waals surface area (Å²) in [5, 5.41) is 0.694. The van der Waals surface area contributed by atoms with Gasteiger partial charge in [-0.1, -0.05) is 27.2 Å². The van der Waals surface area contributed by atoms with Crippen molar-refractivity contribution in [3.63, 3.8) is 0 Å². The van der Waals surface area contributed by atoms with Crippen molar-refractivity contribution in [2.24, 2.45) is 5.92 Å². The van der Waals surface area contributed by atoms with E-state index in [9.17, 15) is 9.18 Å². The first kappa shape index (κ1) is 32.2. The fourth-order valence-corrected chi connectivity index (χ4v) is 6.09. The average molecular weight is 624 g/mol. The summed E-state index contributed by atoms with van der Waals surface area (Å²) in [6, 6.07) is 7.77. The van der Waals surface area contributed by atoms with E-state index in [1.165, 1.54) is 43.4 Å². The molecule has 0 radical (unpaired) electrons. The summed E-state index contributed by atoms with van der Waals surface area (Å²) in [5.41, 5.74) is 2.38. The molecule has 8 nitrogen and oxygen atoms in total. The molecule has 11 heteroatoms. The van der Waals surface area contributed by atoms with E-state index in [0.29, 0.717) is 33.9 Å². The number of methoxy groups -OCH3 is 2. The predicted octanol–water partition coefficient (Wildman–Crippen LogP) is 7.97. The molecule has 0 saturated carbocycles. The third-order valence-corrected chi connectivity index (χ3v) is 8.57. The molecule has 3 heterocycles. The lowest BCUT2D eigenvalue weighted by Crippen LogP contribution is -2.46. The molecule has 1 aliphatic rings. The first-order valence-electron chi connectivity index (χ1n) is 15.4. The quantitative estimate of drug-likeness (QED) is 0.164. The lowest BCUT2D eigenvalue weighted by atomic mass is 9.96. The van der Waals surface area contributed by atoms with Crippen LogP contribution < -0.4 is 19.3 Å². The Morgan fingerprint density at radius 3 is 2.27 bits per heavy atom. The fraction of sp³-hybridized carbons (Fsp3) is 0.412. The molecule has 4 aromatic rings. The minimum absolute atomic E-state index is 0.165. The number of ether oxygens (including phenoxy) is 2. The number of urea groups is 1. The SMILES string of the molecule is CCCN(CC)CCC(CC)Cc1cc2c3c(cnc2[nH]1)CN(c1c(F)c(OC)cc(OC)c1F)C(=O)N3c1ccc(F)cc1. The third-order valence-electron chi connectivity index (χ3n) is 8.57. The van der Waals surface area contributed by atoms with Crippen molar-refractivity contribution in [3.05, 3.63) is 71.3 Å². The maximum atomic E-state index is 15.6. The Labute approximate surface area is 261 Å². The van der Waals surface area contributed by atoms with Gasteiger partial charge in [-0.3, -0.25) is 9.80 Å². The molecule has 240 valence electrons. The van der Waals surface area contributed by atoms with Crippen LogP contribution in [-0.4, -0.2) is 54.8 Å². The topological polar surface area (TPSA) is 73.9 Å². The van der Waals surface area contributed by atoms with Crippen LogP contribution in [0.2, 0.25) is 0 Å². The van der Waals surface area contributed by atoms with Gasteiger partial charge in [0.2, 0.25) is 0 Å². The number of aromatic nitrogens is 2. The number of aromatic amines is 1. The molecule has 0 spiro atoms. The number of carbonyl (C=O) groups excluding carboxylic acids is 1. The predicted molar refractivity (Wildman–Crippen MR) is 170 cm³/mol. The van der Waals surface area contributed by atoms with E-state index >= 15 is 8.78 Å². The third kappa shape index (κ3) is 6.31. The van der Waals surface area contributed by atoms with E-state index in [1.807, 2.05) is 6.07 Å². The zero-order chi connectivity index (χ0) is 32.2. The van der Waals surface area contributed by atoms with Gasteiger partial charge in [-0.25, -0.2) is 22.9 Å². The minimum Gasteiger partial charge on any atom is -0.493 e. The minimum atomic E-state index is -1.05. The van der Waals surface area contributed by atoms with Gasteiger partial charge in [0.1, 0.15) is 17.2 Å². The van der Waals surface area contributed by atoms with Gasteiger partial charge in [-0.2, -0.15) is 0 Å². The molecule has 45 heavy (non-hydrogen) atoms. The second-order valence-electron chi connectivity index (χ2n) is 11.3. The van der Waals surface area contributed by atoms with Crippen LogP contribution in [0.3, 0.4) is 0 Å². The molecule has 5 rings (SSSR count). The number of benzene rings is 2. The molecule has 0 aliphatic carbocycles. The number of rotatable bonds is 13. The van der Waals surface area contributed by atoms with E-state index in [1.54, 1.807) is 6.20 Å². The maximum absolute atomic E-state index is 15.6. The van der Waals surface area contributed by atoms with Crippen molar-refractivity contribution in [1.29, 1.82) is 0 Å². The van der Waals surface area contributed by atoms with E-state index in [2.05, 4.69) is 35.6 Å². The van der Waals surface area contributed by atoms with Gasteiger partial charge in [0, 0.05) is 28.9 Å². The number of hydrogen-bond donors (Lipinski definition) is 1. The summed E-state index contributed by atoms with van der Waals surface area (Å²) in [5.74, 6) is -2.68. The Balaban J connectivity index is 1.58. The molecular weight excluding hydrogens is 583 g/mol. The Hall–Kier alpha value is -4.25. The monoisotopic (exact) mass is 623 g/mol. The number of hydrogen-bond acceptors (Lipinski definition) is 5. The molecule has 2 aromatic carbocycles. The highest BCUT2D eigenvalue weighted by Gasteiger charge is 2.38. The number of carbonyl (C=O) groups is 1. The number of H-pyrrole nitrogens is 1. The zero-order valence-corrected chi connectivity index (χ0v) is 26.4. The molecule has 1 unspecified atom stereocenters. The van der Waals surface area contributed by atoms with E-state index in [4.69, 9.17) is 9.47 Å². The first-order chi connectivity index (χ1) is 21.7. The highest BCUT2D eigenvalue weighted by molar-refractivity contribution is 6.15. The highest BCUT2D eigenvalue weighted by atomic mass is 19.1. The number of halogens is 3. The maximum Gasteiger partial charge on any atom is 0.334 e. The zero-order valence-electron chi connectivity index (χ0n) is 26.4. The van der Waals surface area contributed by atoms with Crippen molar-refractivity contribution in [2.45, 2.75) is 53.0 Å². The molecular formula is C34H40F3N5O3. The van der Waals surface area contributed by atoms with Crippen LogP contribution in [0.1, 0.15) is 51.3 Å². The van der Waals surface area contributed by atoms with E-state index in [-0.39, 0.29) is 18.0 Å². The lowest BCUT2D eigenvalue weighted by Gasteiger charge is -2.37. The molecule has 1 N–H and O–H groups in total. The van der Waals surface area contributed by atoms with Gasteiger partial charge in [-0.15, -0.1) is 0 Å². The number of amides is 2. The normalized spacial score (nSPS) is 13.9. The van der Waals surface area contributed by atoms with Crippen molar-refractivity contribution >= 4 is 34.1 Å². The van der Waals surface area contributed by atoms with Gasteiger partial charge in [0.05, 0.1) is 32.1 Å². The number of nitrogens with zero attached hydrogens (tertiary/aromatic N) is 4. The molecule has 1 atom stereocenters. The first-order valence-corrected chi connectivity index (χ1v) is 15.4. The van der Waals surface area contributed by atoms with Crippen LogP contribution in [0.5, 0.6) is 11.5 Å². The van der Waals surface area contributed by atoms with Crippen LogP contribution in [0.25, 0.3) is 11.0 Å². The molecule has 0 bridgehead atoms. The summed E-state index contributed by atoms with van der Waals surface area (Å²) in [6.07, 6.45) is 5.60. The van der Waals surface area contributed by atoms with Crippen LogP contribution in [0, 0.1) is 23.4 Å². The number of fused-ring (bicyclic) bond motifs is 3. The summed E-state index contributed by atoms with van der Waals surface area (Å²) < 4.78 is 55.5. The standard InChI is InChI=1S/C34H40F3N5O3/c1-6-14-40(8-3)15-13-21(7-2)16-24-17-26-31-22(19-38-33(26)39-24)20-41(34(43)42(31)25-11-9-23(35)10-12-25)32-29(36)27(44-4)18-28(45-5)30(32)37/h9-12,17-19,21H,6-8,13-16,20H2,1-5H3,(H,38,39). The molecule has 0 fully saturated rings. The summed E-state index contributed by atoms with van der Waals surface area (Å²) in [6.45, 7) is 9.54. The van der Waals surface area contributed by atoms with E-state index < -0.39 is 29.2 Å². The summed E-state index contributed by atoms with van der Waals surface area (Å²) in [7, 11) is 2.49. The van der Waals surface area contributed by atoms with Crippen molar-refractivity contribution in [1.82, 2.24) is 14.9 Å². The van der Waals surface area contributed by atoms with Crippen LogP contribution in [-0.2, 0) is 13.0 Å². The van der Waals surface area contributed by atoms with Gasteiger partial charge in [-0.05, 0) is 75.1 Å². The highest BCUT2D eigenvalue weighted by Crippen LogP contribution is 2.45. The summed E-state index contributed by atoms with van der Waals surface area (Å²) in [4.78, 5) is 27.2. The Bertz CT molecular complexity index is 1630. The molecule has 2 aromatic heterocycles. The van der Waals surface area contributed by atoms with Gasteiger partial charge >= 0.3 is 6.03 Å². The van der Waals surface area contributed by atoms with E-state index in [0.717, 1.165) is 62.0 Å². The van der Waals surface area contributed by atoms with Crippen molar-refractivity contribution < 1.29 is 27.4 Å². The molecule has 2 amide bonds. The Kier molecular flexibility index (Phi) is 9.86. The number of nitrogens with one attached hydrogen (secondary N) is 1. The largest absolute Gasteiger partial charge is 0.493 e. The van der Waals surface area contributed by atoms with Gasteiger partial charge in [0.15, 0.2) is 23.1 Å². The summed E-state index contributed by atoms with van der Waals surface area (Å²) >= 11 is 0. The second kappa shape index (κ2) is 13.8.